The van der Waals surface area contributed by atoms with Crippen LogP contribution >= 0.6 is 0 Å². The number of aromatic nitrogens is 2. The van der Waals surface area contributed by atoms with Gasteiger partial charge in [0.2, 0.25) is 0 Å². The van der Waals surface area contributed by atoms with Crippen LogP contribution in [-0.4, -0.2) is 66.1 Å². The quantitative estimate of drug-likeness (QED) is 0.625. The van der Waals surface area contributed by atoms with Crippen LogP contribution in [0.4, 0.5) is 15.0 Å². The second kappa shape index (κ2) is 9.34. The van der Waals surface area contributed by atoms with Crippen molar-refractivity contribution in [1.29, 1.82) is 0 Å². The van der Waals surface area contributed by atoms with Gasteiger partial charge in [0.05, 0.1) is 0 Å². The van der Waals surface area contributed by atoms with Crippen LogP contribution in [0.3, 0.4) is 0 Å². The molecule has 1 aromatic heterocycles. The fourth-order valence-electron chi connectivity index (χ4n) is 3.99. The Morgan fingerprint density at radius 2 is 1.62 bits per heavy atom. The van der Waals surface area contributed by atoms with Crippen LogP contribution in [0.15, 0.2) is 54.6 Å². The first-order valence-corrected chi connectivity index (χ1v) is 10.8. The highest BCUT2D eigenvalue weighted by Crippen LogP contribution is 2.29. The van der Waals surface area contributed by atoms with Gasteiger partial charge in [-0.1, -0.05) is 48.5 Å². The Morgan fingerprint density at radius 3 is 2.28 bits per heavy atom. The van der Waals surface area contributed by atoms with Gasteiger partial charge in [-0.3, -0.25) is 0 Å². The molecule has 6 nitrogen and oxygen atoms in total. The number of anilines is 1. The van der Waals surface area contributed by atoms with E-state index in [1.165, 1.54) is 6.07 Å². The number of piperazine rings is 1. The second-order valence-corrected chi connectivity index (χ2v) is 8.22. The minimum atomic E-state index is -0.230. The van der Waals surface area contributed by atoms with Gasteiger partial charge in [-0.25, -0.2) is 19.2 Å². The second-order valence-electron chi connectivity index (χ2n) is 8.22. The molecule has 0 bridgehead atoms. The van der Waals surface area contributed by atoms with Gasteiger partial charge in [-0.15, -0.1) is 0 Å². The largest absolute Gasteiger partial charge is 0.353 e. The SMILES string of the molecule is Cc1nc(-c2ccccc2)nc(N2CCN(C(=O)N(C)C)CC2)c1Cc1ccccc1F. The molecule has 0 atom stereocenters. The van der Waals surface area contributed by atoms with Crippen LogP contribution in [-0.2, 0) is 6.42 Å². The van der Waals surface area contributed by atoms with E-state index in [0.29, 0.717) is 44.0 Å². The third-order valence-corrected chi connectivity index (χ3v) is 5.78. The first-order valence-electron chi connectivity index (χ1n) is 10.8. The highest BCUT2D eigenvalue weighted by molar-refractivity contribution is 5.74. The molecule has 0 radical (unpaired) electrons. The summed E-state index contributed by atoms with van der Waals surface area (Å²) in [4.78, 5) is 27.7. The number of hydrogen-bond acceptors (Lipinski definition) is 4. The Kier molecular flexibility index (Phi) is 6.35. The molecular formula is C25H28FN5O. The lowest BCUT2D eigenvalue weighted by Crippen LogP contribution is -2.52. The summed E-state index contributed by atoms with van der Waals surface area (Å²) < 4.78 is 14.4. The van der Waals surface area contributed by atoms with Crippen LogP contribution < -0.4 is 4.90 Å². The van der Waals surface area contributed by atoms with Gasteiger partial charge < -0.3 is 14.7 Å². The van der Waals surface area contributed by atoms with Crippen molar-refractivity contribution in [2.75, 3.05) is 45.2 Å². The van der Waals surface area contributed by atoms with Gasteiger partial charge >= 0.3 is 6.03 Å². The van der Waals surface area contributed by atoms with Crippen LogP contribution in [0.25, 0.3) is 11.4 Å². The van der Waals surface area contributed by atoms with E-state index in [-0.39, 0.29) is 11.8 Å². The summed E-state index contributed by atoms with van der Waals surface area (Å²) in [5.41, 5.74) is 3.32. The maximum absolute atomic E-state index is 14.4. The first kappa shape index (κ1) is 21.7. The van der Waals surface area contributed by atoms with E-state index in [2.05, 4.69) is 4.90 Å². The maximum atomic E-state index is 14.4. The van der Waals surface area contributed by atoms with Crippen molar-refractivity contribution in [3.8, 4) is 11.4 Å². The van der Waals surface area contributed by atoms with Gasteiger partial charge in [0.1, 0.15) is 11.6 Å². The van der Waals surface area contributed by atoms with Crippen molar-refractivity contribution < 1.29 is 9.18 Å². The molecule has 0 spiro atoms. The summed E-state index contributed by atoms with van der Waals surface area (Å²) in [6.45, 7) is 4.50. The fraction of sp³-hybridized carbons (Fsp3) is 0.320. The molecule has 4 rings (SSSR count). The lowest BCUT2D eigenvalue weighted by molar-refractivity contribution is 0.168. The van der Waals surface area contributed by atoms with E-state index in [1.54, 1.807) is 31.1 Å². The molecule has 1 saturated heterocycles. The minimum absolute atomic E-state index is 0.0140. The summed E-state index contributed by atoms with van der Waals surface area (Å²) in [5, 5.41) is 0. The van der Waals surface area contributed by atoms with Crippen molar-refractivity contribution in [3.05, 3.63) is 77.2 Å². The average molecular weight is 434 g/mol. The van der Waals surface area contributed by atoms with Crippen LogP contribution in [0.1, 0.15) is 16.8 Å². The normalized spacial score (nSPS) is 13.9. The average Bonchev–Trinajstić information content (AvgIpc) is 2.81. The number of rotatable bonds is 4. The van der Waals surface area contributed by atoms with E-state index in [1.807, 2.05) is 48.2 Å². The smallest absolute Gasteiger partial charge is 0.319 e. The zero-order valence-electron chi connectivity index (χ0n) is 18.8. The Labute approximate surface area is 188 Å². The molecule has 166 valence electrons. The fourth-order valence-corrected chi connectivity index (χ4v) is 3.99. The molecule has 1 aliphatic heterocycles. The van der Waals surface area contributed by atoms with E-state index < -0.39 is 0 Å². The van der Waals surface area contributed by atoms with Crippen molar-refractivity contribution in [3.63, 3.8) is 0 Å². The zero-order chi connectivity index (χ0) is 22.7. The van der Waals surface area contributed by atoms with Crippen molar-refractivity contribution in [1.82, 2.24) is 19.8 Å². The third-order valence-electron chi connectivity index (χ3n) is 5.78. The van der Waals surface area contributed by atoms with E-state index in [4.69, 9.17) is 9.97 Å². The molecular weight excluding hydrogens is 405 g/mol. The molecule has 0 aliphatic carbocycles. The van der Waals surface area contributed by atoms with Gasteiger partial charge in [0.15, 0.2) is 5.82 Å². The number of nitrogens with zero attached hydrogens (tertiary/aromatic N) is 5. The number of carbonyl (C=O) groups excluding carboxylic acids is 1. The molecule has 7 heteroatoms. The van der Waals surface area contributed by atoms with Crippen LogP contribution in [0.2, 0.25) is 0 Å². The standard InChI is InChI=1S/C25H28FN5O/c1-18-21(17-20-11-7-8-12-22(20)26)24(28-23(27-18)19-9-5-4-6-10-19)30-13-15-31(16-14-30)25(32)29(2)3/h4-12H,13-17H2,1-3H3. The van der Waals surface area contributed by atoms with Crippen LogP contribution in [0, 0.1) is 12.7 Å². The molecule has 1 aliphatic rings. The number of aryl methyl sites for hydroxylation is 1. The molecule has 32 heavy (non-hydrogen) atoms. The third kappa shape index (κ3) is 4.56. The summed E-state index contributed by atoms with van der Waals surface area (Å²) in [6, 6.07) is 16.7. The Balaban J connectivity index is 1.70. The monoisotopic (exact) mass is 433 g/mol. The highest BCUT2D eigenvalue weighted by Gasteiger charge is 2.26. The van der Waals surface area contributed by atoms with E-state index in [0.717, 1.165) is 22.6 Å². The molecule has 2 amide bonds. The zero-order valence-corrected chi connectivity index (χ0v) is 18.8. The Morgan fingerprint density at radius 1 is 0.969 bits per heavy atom. The van der Waals surface area contributed by atoms with Gasteiger partial charge in [0, 0.05) is 63.5 Å². The Hall–Kier alpha value is -3.48. The van der Waals surface area contributed by atoms with Crippen molar-refractivity contribution >= 4 is 11.8 Å². The minimum Gasteiger partial charge on any atom is -0.353 e. The van der Waals surface area contributed by atoms with E-state index >= 15 is 0 Å². The summed E-state index contributed by atoms with van der Waals surface area (Å²) in [6.07, 6.45) is 0.416. The van der Waals surface area contributed by atoms with Gasteiger partial charge in [0.25, 0.3) is 0 Å². The molecule has 0 unspecified atom stereocenters. The molecule has 0 saturated carbocycles. The molecule has 1 fully saturated rings. The molecule has 2 aromatic carbocycles. The Bertz CT molecular complexity index is 1090. The highest BCUT2D eigenvalue weighted by atomic mass is 19.1. The maximum Gasteiger partial charge on any atom is 0.319 e. The summed E-state index contributed by atoms with van der Waals surface area (Å²) in [5.74, 6) is 1.24. The summed E-state index contributed by atoms with van der Waals surface area (Å²) >= 11 is 0. The topological polar surface area (TPSA) is 52.6 Å². The number of amides is 2. The molecule has 3 aromatic rings. The first-order chi connectivity index (χ1) is 15.4. The number of urea groups is 1. The molecule has 0 N–H and O–H groups in total. The van der Waals surface area contributed by atoms with Gasteiger partial charge in [-0.05, 0) is 18.6 Å². The van der Waals surface area contributed by atoms with Crippen LogP contribution in [0.5, 0.6) is 0 Å². The lowest BCUT2D eigenvalue weighted by Gasteiger charge is -2.37. The number of hydrogen-bond donors (Lipinski definition) is 0. The number of benzene rings is 2. The predicted octanol–water partition coefficient (Wildman–Crippen LogP) is 3.99. The number of halogens is 1. The predicted molar refractivity (Wildman–Crippen MR) is 124 cm³/mol. The van der Waals surface area contributed by atoms with Crippen molar-refractivity contribution in [2.45, 2.75) is 13.3 Å². The van der Waals surface area contributed by atoms with E-state index in [9.17, 15) is 9.18 Å². The van der Waals surface area contributed by atoms with Gasteiger partial charge in [-0.2, -0.15) is 0 Å². The van der Waals surface area contributed by atoms with Crippen molar-refractivity contribution in [2.24, 2.45) is 0 Å². The lowest BCUT2D eigenvalue weighted by atomic mass is 10.0. The number of carbonyl (C=O) groups is 1. The summed E-state index contributed by atoms with van der Waals surface area (Å²) in [7, 11) is 3.53. The molecule has 2 heterocycles.